The van der Waals surface area contributed by atoms with Gasteiger partial charge in [-0.2, -0.15) is 0 Å². The quantitative estimate of drug-likeness (QED) is 0.700. The van der Waals surface area contributed by atoms with Gasteiger partial charge in [-0.25, -0.2) is 4.98 Å². The molecule has 1 unspecified atom stereocenters. The number of fused-ring (bicyclic) bond motifs is 1. The molecule has 1 aliphatic heterocycles. The van der Waals surface area contributed by atoms with Gasteiger partial charge >= 0.3 is 5.97 Å². The van der Waals surface area contributed by atoms with Gasteiger partial charge in [-0.1, -0.05) is 6.92 Å². The molecule has 5 heteroatoms. The van der Waals surface area contributed by atoms with E-state index in [2.05, 4.69) is 14.5 Å². The Labute approximate surface area is 95.0 Å². The normalized spacial score (nSPS) is 17.9. The predicted molar refractivity (Wildman–Crippen MR) is 58.7 cm³/mol. The van der Waals surface area contributed by atoms with Crippen LogP contribution in [0.25, 0.3) is 0 Å². The van der Waals surface area contributed by atoms with Crippen LogP contribution in [0.5, 0.6) is 0 Å². The highest BCUT2D eigenvalue weighted by Crippen LogP contribution is 2.12. The van der Waals surface area contributed by atoms with Crippen LogP contribution >= 0.6 is 0 Å². The van der Waals surface area contributed by atoms with Gasteiger partial charge in [-0.05, 0) is 0 Å². The first-order valence-electron chi connectivity index (χ1n) is 5.51. The highest BCUT2D eigenvalue weighted by atomic mass is 16.5. The molecule has 0 saturated carbocycles. The lowest BCUT2D eigenvalue weighted by atomic mass is 10.1. The molecule has 16 heavy (non-hydrogen) atoms. The molecule has 0 bridgehead atoms. The minimum absolute atomic E-state index is 0.0773. The van der Waals surface area contributed by atoms with Gasteiger partial charge in [0.2, 0.25) is 0 Å². The summed E-state index contributed by atoms with van der Waals surface area (Å²) in [6.07, 6.45) is 3.82. The lowest BCUT2D eigenvalue weighted by molar-refractivity contribution is -0.145. The van der Waals surface area contributed by atoms with Crippen molar-refractivity contribution in [1.82, 2.24) is 14.5 Å². The number of esters is 1. The first kappa shape index (κ1) is 11.1. The Morgan fingerprint density at radius 2 is 2.44 bits per heavy atom. The summed E-state index contributed by atoms with van der Waals surface area (Å²) >= 11 is 0. The van der Waals surface area contributed by atoms with Crippen molar-refractivity contribution in [2.75, 3.05) is 20.2 Å². The summed E-state index contributed by atoms with van der Waals surface area (Å²) < 4.78 is 6.87. The Kier molecular flexibility index (Phi) is 3.24. The molecular weight excluding hydrogens is 206 g/mol. The van der Waals surface area contributed by atoms with Gasteiger partial charge in [0, 0.05) is 32.0 Å². The molecule has 0 fully saturated rings. The third-order valence-corrected chi connectivity index (χ3v) is 2.96. The van der Waals surface area contributed by atoms with Crippen molar-refractivity contribution in [3.05, 3.63) is 18.2 Å². The van der Waals surface area contributed by atoms with Crippen molar-refractivity contribution in [2.24, 2.45) is 5.92 Å². The van der Waals surface area contributed by atoms with Crippen LogP contribution in [0.2, 0.25) is 0 Å². The highest BCUT2D eigenvalue weighted by molar-refractivity contribution is 5.72. The zero-order valence-electron chi connectivity index (χ0n) is 9.72. The predicted octanol–water partition coefficient (Wildman–Crippen LogP) is 0.508. The van der Waals surface area contributed by atoms with Crippen LogP contribution in [0.1, 0.15) is 12.7 Å². The molecule has 0 N–H and O–H groups in total. The van der Waals surface area contributed by atoms with E-state index in [0.717, 1.165) is 32.0 Å². The van der Waals surface area contributed by atoms with Crippen LogP contribution in [0.4, 0.5) is 0 Å². The molecule has 0 aliphatic carbocycles. The zero-order chi connectivity index (χ0) is 11.5. The minimum atomic E-state index is -0.145. The van der Waals surface area contributed by atoms with E-state index in [9.17, 15) is 4.79 Å². The number of hydrogen-bond donors (Lipinski definition) is 0. The van der Waals surface area contributed by atoms with E-state index in [1.54, 1.807) is 0 Å². The maximum Gasteiger partial charge on any atom is 0.309 e. The second-order valence-electron chi connectivity index (χ2n) is 4.20. The van der Waals surface area contributed by atoms with E-state index in [0.29, 0.717) is 0 Å². The average molecular weight is 223 g/mol. The molecule has 0 radical (unpaired) electrons. The molecule has 88 valence electrons. The smallest absolute Gasteiger partial charge is 0.309 e. The molecule has 0 saturated heterocycles. The average Bonchev–Trinajstić information content (AvgIpc) is 2.75. The Morgan fingerprint density at radius 3 is 3.19 bits per heavy atom. The van der Waals surface area contributed by atoms with Crippen molar-refractivity contribution in [1.29, 1.82) is 0 Å². The van der Waals surface area contributed by atoms with Crippen molar-refractivity contribution < 1.29 is 9.53 Å². The lowest BCUT2D eigenvalue weighted by Gasteiger charge is -2.28. The highest BCUT2D eigenvalue weighted by Gasteiger charge is 2.21. The number of methoxy groups -OCH3 is 1. The fourth-order valence-electron chi connectivity index (χ4n) is 2.04. The van der Waals surface area contributed by atoms with Gasteiger partial charge in [0.1, 0.15) is 5.82 Å². The number of ether oxygens (including phenoxy) is 1. The molecule has 2 heterocycles. The Morgan fingerprint density at radius 1 is 1.62 bits per heavy atom. The molecule has 0 aromatic carbocycles. The van der Waals surface area contributed by atoms with Crippen LogP contribution < -0.4 is 0 Å². The standard InChI is InChI=1S/C11H17N3O2/c1-9(11(15)16-2)7-13-5-6-14-4-3-12-10(14)8-13/h3-4,9H,5-8H2,1-2H3. The monoisotopic (exact) mass is 223 g/mol. The topological polar surface area (TPSA) is 47.4 Å². The van der Waals surface area contributed by atoms with Crippen molar-refractivity contribution in [3.8, 4) is 0 Å². The number of carbonyl (C=O) groups excluding carboxylic acids is 1. The largest absolute Gasteiger partial charge is 0.469 e. The van der Waals surface area contributed by atoms with E-state index in [1.807, 2.05) is 19.3 Å². The number of rotatable bonds is 3. The van der Waals surface area contributed by atoms with Crippen LogP contribution in [0.15, 0.2) is 12.4 Å². The second kappa shape index (κ2) is 4.65. The summed E-state index contributed by atoms with van der Waals surface area (Å²) in [7, 11) is 1.43. The van der Waals surface area contributed by atoms with Crippen LogP contribution in [0.3, 0.4) is 0 Å². The number of imidazole rings is 1. The van der Waals surface area contributed by atoms with Gasteiger partial charge in [-0.3, -0.25) is 9.69 Å². The Hall–Kier alpha value is -1.36. The van der Waals surface area contributed by atoms with Crippen molar-refractivity contribution in [3.63, 3.8) is 0 Å². The fourth-order valence-corrected chi connectivity index (χ4v) is 2.04. The van der Waals surface area contributed by atoms with E-state index in [-0.39, 0.29) is 11.9 Å². The number of aromatic nitrogens is 2. The van der Waals surface area contributed by atoms with Crippen LogP contribution in [0, 0.1) is 5.92 Å². The maximum atomic E-state index is 11.3. The number of nitrogens with zero attached hydrogens (tertiary/aromatic N) is 3. The van der Waals surface area contributed by atoms with Crippen LogP contribution in [-0.2, 0) is 22.6 Å². The van der Waals surface area contributed by atoms with Gasteiger partial charge in [0.15, 0.2) is 0 Å². The molecule has 5 nitrogen and oxygen atoms in total. The van der Waals surface area contributed by atoms with Gasteiger partial charge < -0.3 is 9.30 Å². The van der Waals surface area contributed by atoms with Gasteiger partial charge in [-0.15, -0.1) is 0 Å². The number of carbonyl (C=O) groups is 1. The van der Waals surface area contributed by atoms with Crippen LogP contribution in [-0.4, -0.2) is 40.6 Å². The summed E-state index contributed by atoms with van der Waals surface area (Å²) in [6.45, 7) is 5.36. The van der Waals surface area contributed by atoms with Gasteiger partial charge in [0.25, 0.3) is 0 Å². The second-order valence-corrected chi connectivity index (χ2v) is 4.20. The van der Waals surface area contributed by atoms with E-state index >= 15 is 0 Å². The molecule has 1 aliphatic rings. The first-order valence-corrected chi connectivity index (χ1v) is 5.51. The van der Waals surface area contributed by atoms with E-state index < -0.39 is 0 Å². The van der Waals surface area contributed by atoms with E-state index in [1.165, 1.54) is 7.11 Å². The van der Waals surface area contributed by atoms with Gasteiger partial charge in [0.05, 0.1) is 19.6 Å². The molecular formula is C11H17N3O2. The molecule has 1 atom stereocenters. The molecule has 0 amide bonds. The minimum Gasteiger partial charge on any atom is -0.469 e. The molecule has 0 spiro atoms. The summed E-state index contributed by atoms with van der Waals surface area (Å²) in [5, 5.41) is 0. The SMILES string of the molecule is COC(=O)C(C)CN1CCn2ccnc2C1. The molecule has 2 rings (SSSR count). The van der Waals surface area contributed by atoms with Crippen molar-refractivity contribution in [2.45, 2.75) is 20.0 Å². The van der Waals surface area contributed by atoms with E-state index in [4.69, 9.17) is 4.74 Å². The number of hydrogen-bond acceptors (Lipinski definition) is 4. The lowest BCUT2D eigenvalue weighted by Crippen LogP contribution is -2.38. The fraction of sp³-hybridized carbons (Fsp3) is 0.636. The maximum absolute atomic E-state index is 11.3. The Balaban J connectivity index is 1.92. The first-order chi connectivity index (χ1) is 7.70. The molecule has 1 aromatic rings. The summed E-state index contributed by atoms with van der Waals surface area (Å²) in [5.74, 6) is 0.851. The Bertz CT molecular complexity index is 375. The third kappa shape index (κ3) is 2.24. The summed E-state index contributed by atoms with van der Waals surface area (Å²) in [5.41, 5.74) is 0. The third-order valence-electron chi connectivity index (χ3n) is 2.96. The summed E-state index contributed by atoms with van der Waals surface area (Å²) in [6, 6.07) is 0. The summed E-state index contributed by atoms with van der Waals surface area (Å²) in [4.78, 5) is 17.8. The van der Waals surface area contributed by atoms with Crippen molar-refractivity contribution >= 4 is 5.97 Å². The zero-order valence-corrected chi connectivity index (χ0v) is 9.72. The molecule has 1 aromatic heterocycles.